The van der Waals surface area contributed by atoms with Crippen LogP contribution in [0.15, 0.2) is 24.3 Å². The van der Waals surface area contributed by atoms with Gasteiger partial charge in [0.15, 0.2) is 0 Å². The first kappa shape index (κ1) is 13.4. The van der Waals surface area contributed by atoms with Crippen molar-refractivity contribution in [3.05, 3.63) is 35.4 Å². The average Bonchev–Trinajstić information content (AvgIpc) is 2.66. The van der Waals surface area contributed by atoms with Gasteiger partial charge in [-0.15, -0.1) is 0 Å². The van der Waals surface area contributed by atoms with Gasteiger partial charge in [0, 0.05) is 6.04 Å². The summed E-state index contributed by atoms with van der Waals surface area (Å²) in [5.41, 5.74) is 1.85. The van der Waals surface area contributed by atoms with E-state index >= 15 is 0 Å². The summed E-state index contributed by atoms with van der Waals surface area (Å²) in [4.78, 5) is 13.4. The number of carbonyl (C=O) groups is 1. The molecule has 20 heavy (non-hydrogen) atoms. The SMILES string of the molecule is O=C(N[C@H]1C[C@H](N2CCC2)c2ccccc21)C(F)(F)F. The third kappa shape index (κ3) is 2.28. The fraction of sp³-hybridized carbons (Fsp3) is 0.500. The van der Waals surface area contributed by atoms with E-state index in [4.69, 9.17) is 0 Å². The molecule has 1 fully saturated rings. The van der Waals surface area contributed by atoms with Crippen molar-refractivity contribution in [1.82, 2.24) is 10.2 Å². The number of rotatable bonds is 2. The van der Waals surface area contributed by atoms with E-state index in [0.717, 1.165) is 30.6 Å². The van der Waals surface area contributed by atoms with Crippen LogP contribution in [0.25, 0.3) is 0 Å². The van der Waals surface area contributed by atoms with Crippen molar-refractivity contribution in [2.45, 2.75) is 31.1 Å². The largest absolute Gasteiger partial charge is 0.471 e. The Balaban J connectivity index is 1.82. The number of nitrogens with zero attached hydrogens (tertiary/aromatic N) is 1. The molecule has 2 aliphatic rings. The number of nitrogens with one attached hydrogen (secondary N) is 1. The summed E-state index contributed by atoms with van der Waals surface area (Å²) >= 11 is 0. The minimum atomic E-state index is -4.83. The molecule has 6 heteroatoms. The number of hydrogen-bond donors (Lipinski definition) is 1. The predicted molar refractivity (Wildman–Crippen MR) is 66.9 cm³/mol. The molecule has 0 saturated carbocycles. The van der Waals surface area contributed by atoms with Crippen LogP contribution in [0.5, 0.6) is 0 Å². The van der Waals surface area contributed by atoms with Gasteiger partial charge in [0.05, 0.1) is 6.04 Å². The summed E-state index contributed by atoms with van der Waals surface area (Å²) in [5, 5.41) is 2.12. The first-order valence-electron chi connectivity index (χ1n) is 6.67. The zero-order chi connectivity index (χ0) is 14.3. The molecule has 0 bridgehead atoms. The Morgan fingerprint density at radius 3 is 2.40 bits per heavy atom. The molecule has 0 spiro atoms. The standard InChI is InChI=1S/C14H15F3N2O/c15-14(16,17)13(20)18-11-8-12(19-6-3-7-19)10-5-2-1-4-9(10)11/h1-2,4-5,11-12H,3,6-8H2,(H,18,20)/t11-,12-/m0/s1. The lowest BCUT2D eigenvalue weighted by atomic mass is 10.0. The van der Waals surface area contributed by atoms with E-state index in [0.29, 0.717) is 6.42 Å². The number of alkyl halides is 3. The lowest BCUT2D eigenvalue weighted by Gasteiger charge is -2.37. The number of fused-ring (bicyclic) bond motifs is 1. The maximum atomic E-state index is 12.4. The van der Waals surface area contributed by atoms with Crippen LogP contribution >= 0.6 is 0 Å². The van der Waals surface area contributed by atoms with Gasteiger partial charge < -0.3 is 5.32 Å². The quantitative estimate of drug-likeness (QED) is 0.905. The molecule has 1 saturated heterocycles. The van der Waals surface area contributed by atoms with Crippen LogP contribution < -0.4 is 5.32 Å². The molecule has 1 heterocycles. The van der Waals surface area contributed by atoms with E-state index in [1.165, 1.54) is 0 Å². The molecule has 0 radical (unpaired) electrons. The second kappa shape index (κ2) is 4.77. The molecule has 0 aromatic heterocycles. The summed E-state index contributed by atoms with van der Waals surface area (Å²) in [7, 11) is 0. The smallest absolute Gasteiger partial charge is 0.341 e. The van der Waals surface area contributed by atoms with Gasteiger partial charge in [-0.05, 0) is 37.1 Å². The van der Waals surface area contributed by atoms with Crippen LogP contribution in [-0.4, -0.2) is 30.1 Å². The predicted octanol–water partition coefficient (Wildman–Crippen LogP) is 2.56. The minimum absolute atomic E-state index is 0.124. The van der Waals surface area contributed by atoms with Crippen molar-refractivity contribution in [2.24, 2.45) is 0 Å². The zero-order valence-electron chi connectivity index (χ0n) is 10.8. The van der Waals surface area contributed by atoms with Crippen molar-refractivity contribution >= 4 is 5.91 Å². The lowest BCUT2D eigenvalue weighted by Crippen LogP contribution is -2.41. The van der Waals surface area contributed by atoms with E-state index in [1.54, 1.807) is 12.1 Å². The Labute approximate surface area is 114 Å². The molecule has 1 aliphatic heterocycles. The van der Waals surface area contributed by atoms with Crippen molar-refractivity contribution in [3.63, 3.8) is 0 Å². The molecular weight excluding hydrogens is 269 g/mol. The molecular formula is C14H15F3N2O. The summed E-state index contributed by atoms with van der Waals surface area (Å²) < 4.78 is 37.2. The number of amides is 1. The van der Waals surface area contributed by atoms with Crippen molar-refractivity contribution in [3.8, 4) is 0 Å². The highest BCUT2D eigenvalue weighted by Gasteiger charge is 2.43. The molecule has 1 aliphatic carbocycles. The molecule has 1 aromatic carbocycles. The zero-order valence-corrected chi connectivity index (χ0v) is 10.8. The van der Waals surface area contributed by atoms with Crippen molar-refractivity contribution in [1.29, 1.82) is 0 Å². The van der Waals surface area contributed by atoms with Crippen LogP contribution in [0.2, 0.25) is 0 Å². The summed E-state index contributed by atoms with van der Waals surface area (Å²) in [6.07, 6.45) is -3.19. The summed E-state index contributed by atoms with van der Waals surface area (Å²) in [6, 6.07) is 7.00. The monoisotopic (exact) mass is 284 g/mol. The van der Waals surface area contributed by atoms with Crippen LogP contribution in [0.1, 0.15) is 36.1 Å². The molecule has 2 atom stereocenters. The van der Waals surface area contributed by atoms with Crippen molar-refractivity contribution < 1.29 is 18.0 Å². The Hall–Kier alpha value is -1.56. The van der Waals surface area contributed by atoms with E-state index in [2.05, 4.69) is 10.2 Å². The van der Waals surface area contributed by atoms with E-state index in [1.807, 2.05) is 12.1 Å². The van der Waals surface area contributed by atoms with Crippen LogP contribution in [0.3, 0.4) is 0 Å². The van der Waals surface area contributed by atoms with Crippen LogP contribution in [-0.2, 0) is 4.79 Å². The van der Waals surface area contributed by atoms with Crippen LogP contribution in [0.4, 0.5) is 13.2 Å². The van der Waals surface area contributed by atoms with Gasteiger partial charge in [-0.2, -0.15) is 13.2 Å². The highest BCUT2D eigenvalue weighted by atomic mass is 19.4. The van der Waals surface area contributed by atoms with Crippen molar-refractivity contribution in [2.75, 3.05) is 13.1 Å². The second-order valence-electron chi connectivity index (χ2n) is 5.29. The van der Waals surface area contributed by atoms with Gasteiger partial charge in [0.1, 0.15) is 0 Å². The van der Waals surface area contributed by atoms with Gasteiger partial charge in [-0.3, -0.25) is 9.69 Å². The van der Waals surface area contributed by atoms with E-state index < -0.39 is 18.1 Å². The molecule has 3 rings (SSSR count). The Morgan fingerprint density at radius 2 is 1.85 bits per heavy atom. The lowest BCUT2D eigenvalue weighted by molar-refractivity contribution is -0.174. The molecule has 108 valence electrons. The third-order valence-corrected chi connectivity index (χ3v) is 4.08. The van der Waals surface area contributed by atoms with Gasteiger partial charge in [-0.25, -0.2) is 0 Å². The molecule has 0 unspecified atom stereocenters. The highest BCUT2D eigenvalue weighted by molar-refractivity contribution is 5.82. The highest BCUT2D eigenvalue weighted by Crippen LogP contribution is 2.43. The maximum absolute atomic E-state index is 12.4. The normalized spacial score (nSPS) is 25.9. The van der Waals surface area contributed by atoms with Crippen LogP contribution in [0, 0.1) is 0 Å². The average molecular weight is 284 g/mol. The summed E-state index contributed by atoms with van der Waals surface area (Å²) in [6.45, 7) is 1.94. The fourth-order valence-electron chi connectivity index (χ4n) is 2.98. The minimum Gasteiger partial charge on any atom is -0.341 e. The number of halogens is 3. The fourth-order valence-corrected chi connectivity index (χ4v) is 2.98. The Kier molecular flexibility index (Phi) is 3.20. The van der Waals surface area contributed by atoms with Gasteiger partial charge in [-0.1, -0.05) is 24.3 Å². The number of hydrogen-bond acceptors (Lipinski definition) is 2. The van der Waals surface area contributed by atoms with E-state index in [9.17, 15) is 18.0 Å². The first-order chi connectivity index (χ1) is 9.47. The van der Waals surface area contributed by atoms with Gasteiger partial charge >= 0.3 is 12.1 Å². The molecule has 1 aromatic rings. The van der Waals surface area contributed by atoms with Gasteiger partial charge in [0.2, 0.25) is 0 Å². The van der Waals surface area contributed by atoms with Gasteiger partial charge in [0.25, 0.3) is 0 Å². The molecule has 1 amide bonds. The topological polar surface area (TPSA) is 32.3 Å². The molecule has 1 N–H and O–H groups in total. The Bertz CT molecular complexity index is 525. The maximum Gasteiger partial charge on any atom is 0.471 e. The van der Waals surface area contributed by atoms with E-state index in [-0.39, 0.29) is 6.04 Å². The first-order valence-corrected chi connectivity index (χ1v) is 6.67. The number of carbonyl (C=O) groups excluding carboxylic acids is 1. The number of likely N-dealkylation sites (tertiary alicyclic amines) is 1. The molecule has 3 nitrogen and oxygen atoms in total. The summed E-state index contributed by atoms with van der Waals surface area (Å²) in [5.74, 6) is -1.86. The Morgan fingerprint density at radius 1 is 1.20 bits per heavy atom. The third-order valence-electron chi connectivity index (χ3n) is 4.08. The number of benzene rings is 1. The second-order valence-corrected chi connectivity index (χ2v) is 5.29.